The van der Waals surface area contributed by atoms with Crippen molar-refractivity contribution in [1.82, 2.24) is 4.90 Å². The van der Waals surface area contributed by atoms with Crippen LogP contribution < -0.4 is 0 Å². The molecule has 4 heteroatoms. The maximum atomic E-state index is 12.7. The maximum Gasteiger partial charge on any atom is 0.306 e. The average Bonchev–Trinajstić information content (AvgIpc) is 2.91. The summed E-state index contributed by atoms with van der Waals surface area (Å²) < 4.78 is 0. The van der Waals surface area contributed by atoms with Crippen LogP contribution in [0.1, 0.15) is 64.2 Å². The highest BCUT2D eigenvalue weighted by atomic mass is 16.4. The molecule has 2 unspecified atom stereocenters. The molecule has 1 spiro atoms. The Morgan fingerprint density at radius 3 is 2.38 bits per heavy atom. The zero-order chi connectivity index (χ0) is 14.9. The molecule has 0 aromatic carbocycles. The molecule has 0 bridgehead atoms. The van der Waals surface area contributed by atoms with Crippen molar-refractivity contribution in [2.45, 2.75) is 64.2 Å². The number of hydrogen-bond donors (Lipinski definition) is 1. The minimum atomic E-state index is -0.724. The number of carbonyl (C=O) groups excluding carboxylic acids is 1. The number of carboxylic acid groups (broad SMARTS) is 1. The van der Waals surface area contributed by atoms with Crippen molar-refractivity contribution in [2.75, 3.05) is 13.1 Å². The fraction of sp³-hybridized carbons (Fsp3) is 0.882. The Morgan fingerprint density at radius 2 is 1.67 bits per heavy atom. The molecule has 21 heavy (non-hydrogen) atoms. The SMILES string of the molecule is O=C(O)C1CCCC(C(=O)N2CCC3(CCCCC3)C2)C1. The van der Waals surface area contributed by atoms with Crippen LogP contribution in [-0.4, -0.2) is 35.0 Å². The van der Waals surface area contributed by atoms with Gasteiger partial charge < -0.3 is 10.0 Å². The van der Waals surface area contributed by atoms with Crippen LogP contribution in [0, 0.1) is 17.3 Å². The van der Waals surface area contributed by atoms with Crippen molar-refractivity contribution < 1.29 is 14.7 Å². The van der Waals surface area contributed by atoms with E-state index in [-0.39, 0.29) is 17.7 Å². The van der Waals surface area contributed by atoms with Gasteiger partial charge >= 0.3 is 5.97 Å². The number of likely N-dealkylation sites (tertiary alicyclic amines) is 1. The predicted octanol–water partition coefficient (Wildman–Crippen LogP) is 3.06. The first-order valence-corrected chi connectivity index (χ1v) is 8.61. The van der Waals surface area contributed by atoms with Gasteiger partial charge in [-0.05, 0) is 43.9 Å². The number of amides is 1. The van der Waals surface area contributed by atoms with Gasteiger partial charge in [0.2, 0.25) is 5.91 Å². The highest BCUT2D eigenvalue weighted by Gasteiger charge is 2.42. The lowest BCUT2D eigenvalue weighted by Gasteiger charge is -2.34. The highest BCUT2D eigenvalue weighted by molar-refractivity contribution is 5.80. The van der Waals surface area contributed by atoms with E-state index in [0.29, 0.717) is 11.8 Å². The molecular formula is C17H27NO3. The second kappa shape index (κ2) is 5.98. The predicted molar refractivity (Wildman–Crippen MR) is 79.8 cm³/mol. The monoisotopic (exact) mass is 293 g/mol. The maximum absolute atomic E-state index is 12.7. The molecule has 1 heterocycles. The highest BCUT2D eigenvalue weighted by Crippen LogP contribution is 2.44. The zero-order valence-electron chi connectivity index (χ0n) is 12.9. The summed E-state index contributed by atoms with van der Waals surface area (Å²) in [5.74, 6) is -0.835. The average molecular weight is 293 g/mol. The molecule has 3 aliphatic rings. The Kier molecular flexibility index (Phi) is 4.23. The van der Waals surface area contributed by atoms with Gasteiger partial charge in [-0.2, -0.15) is 0 Å². The van der Waals surface area contributed by atoms with Gasteiger partial charge in [0, 0.05) is 19.0 Å². The normalized spacial score (nSPS) is 32.3. The van der Waals surface area contributed by atoms with Crippen LogP contribution >= 0.6 is 0 Å². The Labute approximate surface area is 126 Å². The van der Waals surface area contributed by atoms with Gasteiger partial charge in [-0.1, -0.05) is 25.7 Å². The molecule has 0 radical (unpaired) electrons. The van der Waals surface area contributed by atoms with Crippen molar-refractivity contribution in [3.8, 4) is 0 Å². The van der Waals surface area contributed by atoms with Gasteiger partial charge in [0.25, 0.3) is 0 Å². The minimum absolute atomic E-state index is 0.0430. The van der Waals surface area contributed by atoms with Crippen molar-refractivity contribution in [3.63, 3.8) is 0 Å². The lowest BCUT2D eigenvalue weighted by molar-refractivity contribution is -0.145. The van der Waals surface area contributed by atoms with Crippen LogP contribution in [0.3, 0.4) is 0 Å². The molecule has 2 aliphatic carbocycles. The molecule has 118 valence electrons. The van der Waals surface area contributed by atoms with E-state index in [1.165, 1.54) is 32.1 Å². The molecule has 3 rings (SSSR count). The first-order chi connectivity index (χ1) is 10.1. The summed E-state index contributed by atoms with van der Waals surface area (Å²) in [6, 6.07) is 0. The van der Waals surface area contributed by atoms with E-state index >= 15 is 0 Å². The van der Waals surface area contributed by atoms with E-state index in [1.807, 2.05) is 0 Å². The van der Waals surface area contributed by atoms with Gasteiger partial charge in [0.1, 0.15) is 0 Å². The molecule has 0 aromatic rings. The zero-order valence-corrected chi connectivity index (χ0v) is 12.9. The molecule has 0 aromatic heterocycles. The molecule has 3 fully saturated rings. The first kappa shape index (κ1) is 14.9. The van der Waals surface area contributed by atoms with E-state index < -0.39 is 5.97 Å². The molecule has 4 nitrogen and oxygen atoms in total. The van der Waals surface area contributed by atoms with Crippen LogP contribution in [0.2, 0.25) is 0 Å². The van der Waals surface area contributed by atoms with Crippen molar-refractivity contribution >= 4 is 11.9 Å². The smallest absolute Gasteiger partial charge is 0.306 e. The third-order valence-electron chi connectivity index (χ3n) is 6.04. The van der Waals surface area contributed by atoms with Crippen molar-refractivity contribution in [1.29, 1.82) is 0 Å². The van der Waals surface area contributed by atoms with Crippen LogP contribution in [0.15, 0.2) is 0 Å². The number of rotatable bonds is 2. The molecule has 1 N–H and O–H groups in total. The summed E-state index contributed by atoms with van der Waals surface area (Å²) in [6.45, 7) is 1.83. The molecular weight excluding hydrogens is 266 g/mol. The summed E-state index contributed by atoms with van der Waals surface area (Å²) in [4.78, 5) is 25.9. The van der Waals surface area contributed by atoms with Gasteiger partial charge in [0.05, 0.1) is 5.92 Å². The third-order valence-corrected chi connectivity index (χ3v) is 6.04. The van der Waals surface area contributed by atoms with Crippen molar-refractivity contribution in [3.05, 3.63) is 0 Å². The van der Waals surface area contributed by atoms with E-state index in [1.54, 1.807) is 0 Å². The van der Waals surface area contributed by atoms with Crippen LogP contribution in [0.5, 0.6) is 0 Å². The van der Waals surface area contributed by atoms with Crippen molar-refractivity contribution in [2.24, 2.45) is 17.3 Å². The van der Waals surface area contributed by atoms with E-state index in [4.69, 9.17) is 0 Å². The second-order valence-electron chi connectivity index (χ2n) is 7.47. The molecule has 1 saturated heterocycles. The number of nitrogens with zero attached hydrogens (tertiary/aromatic N) is 1. The Bertz CT molecular complexity index is 414. The number of carbonyl (C=O) groups is 2. The lowest BCUT2D eigenvalue weighted by atomic mass is 9.73. The summed E-state index contributed by atoms with van der Waals surface area (Å²) in [7, 11) is 0. The van der Waals surface area contributed by atoms with Gasteiger partial charge in [-0.15, -0.1) is 0 Å². The number of carboxylic acids is 1. The van der Waals surface area contributed by atoms with Crippen LogP contribution in [0.4, 0.5) is 0 Å². The second-order valence-corrected chi connectivity index (χ2v) is 7.47. The Morgan fingerprint density at radius 1 is 0.952 bits per heavy atom. The summed E-state index contributed by atoms with van der Waals surface area (Å²) in [5, 5.41) is 9.18. The molecule has 1 aliphatic heterocycles. The molecule has 2 atom stereocenters. The van der Waals surface area contributed by atoms with E-state index in [0.717, 1.165) is 38.8 Å². The number of aliphatic carboxylic acids is 1. The lowest BCUT2D eigenvalue weighted by Crippen LogP contribution is -2.39. The first-order valence-electron chi connectivity index (χ1n) is 8.61. The summed E-state index contributed by atoms with van der Waals surface area (Å²) in [6.07, 6.45) is 10.7. The largest absolute Gasteiger partial charge is 0.481 e. The Balaban J connectivity index is 1.59. The topological polar surface area (TPSA) is 57.6 Å². The van der Waals surface area contributed by atoms with Gasteiger partial charge in [-0.3, -0.25) is 9.59 Å². The quantitative estimate of drug-likeness (QED) is 0.851. The standard InChI is InChI=1S/C17H27NO3/c19-15(13-5-4-6-14(11-13)16(20)21)18-10-9-17(12-18)7-2-1-3-8-17/h13-14H,1-12H2,(H,20,21). The van der Waals surface area contributed by atoms with Crippen LogP contribution in [-0.2, 0) is 9.59 Å². The fourth-order valence-electron chi connectivity index (χ4n) is 4.73. The summed E-state index contributed by atoms with van der Waals surface area (Å²) >= 11 is 0. The summed E-state index contributed by atoms with van der Waals surface area (Å²) in [5.41, 5.74) is 0.398. The minimum Gasteiger partial charge on any atom is -0.481 e. The van der Waals surface area contributed by atoms with E-state index in [9.17, 15) is 14.7 Å². The van der Waals surface area contributed by atoms with Crippen LogP contribution in [0.25, 0.3) is 0 Å². The number of hydrogen-bond acceptors (Lipinski definition) is 2. The fourth-order valence-corrected chi connectivity index (χ4v) is 4.73. The van der Waals surface area contributed by atoms with Gasteiger partial charge in [0.15, 0.2) is 0 Å². The molecule has 2 saturated carbocycles. The molecule has 1 amide bonds. The third kappa shape index (κ3) is 3.09. The Hall–Kier alpha value is -1.06. The van der Waals surface area contributed by atoms with E-state index in [2.05, 4.69) is 4.90 Å². The van der Waals surface area contributed by atoms with Gasteiger partial charge in [-0.25, -0.2) is 0 Å².